The Kier molecular flexibility index (Phi) is 4.33. The van der Waals surface area contributed by atoms with E-state index in [0.29, 0.717) is 18.5 Å². The number of rotatable bonds is 5. The molecule has 0 N–H and O–H groups in total. The number of hydrogen-bond donors (Lipinski definition) is 0. The van der Waals surface area contributed by atoms with Gasteiger partial charge in [0.15, 0.2) is 15.7 Å². The molecule has 120 valence electrons. The molecule has 0 aromatic carbocycles. The van der Waals surface area contributed by atoms with Crippen LogP contribution in [0, 0.1) is 6.92 Å². The fourth-order valence-corrected chi connectivity index (χ4v) is 4.42. The summed E-state index contributed by atoms with van der Waals surface area (Å²) < 4.78 is 27.7. The third kappa shape index (κ3) is 3.74. The minimum Gasteiger partial charge on any atom is -0.338 e. The molecule has 0 amide bonds. The second-order valence-corrected chi connectivity index (χ2v) is 9.21. The standard InChI is InChI=1S/C14H19N3O3S2/c1-10-5-6-12(21-10)11-4-3-7-17(11)8-14-15-13(16-20-14)9-22(2,18)19/h5-6,11H,3-4,7-9H2,1-2H3/t11-/m0/s1. The van der Waals surface area contributed by atoms with Crippen molar-refractivity contribution in [3.63, 3.8) is 0 Å². The largest absolute Gasteiger partial charge is 0.338 e. The van der Waals surface area contributed by atoms with Crippen molar-refractivity contribution < 1.29 is 12.9 Å². The number of sulfone groups is 1. The zero-order chi connectivity index (χ0) is 15.7. The van der Waals surface area contributed by atoms with Crippen molar-refractivity contribution in [2.45, 2.75) is 38.1 Å². The second-order valence-electron chi connectivity index (χ2n) is 5.75. The Labute approximate surface area is 134 Å². The van der Waals surface area contributed by atoms with Gasteiger partial charge in [-0.15, -0.1) is 11.3 Å². The van der Waals surface area contributed by atoms with E-state index < -0.39 is 9.84 Å². The van der Waals surface area contributed by atoms with Gasteiger partial charge in [0.2, 0.25) is 5.89 Å². The molecule has 2 aromatic heterocycles. The van der Waals surface area contributed by atoms with E-state index >= 15 is 0 Å². The highest BCUT2D eigenvalue weighted by atomic mass is 32.2. The number of likely N-dealkylation sites (tertiary alicyclic amines) is 1. The van der Waals surface area contributed by atoms with Gasteiger partial charge in [-0.3, -0.25) is 4.90 Å². The lowest BCUT2D eigenvalue weighted by molar-refractivity contribution is 0.214. The lowest BCUT2D eigenvalue weighted by Crippen LogP contribution is -2.22. The van der Waals surface area contributed by atoms with Gasteiger partial charge < -0.3 is 4.52 Å². The molecule has 0 radical (unpaired) electrons. The van der Waals surface area contributed by atoms with Crippen LogP contribution in [0.2, 0.25) is 0 Å². The molecule has 1 fully saturated rings. The average molecular weight is 341 g/mol. The number of aromatic nitrogens is 2. The Balaban J connectivity index is 1.70. The minimum absolute atomic E-state index is 0.177. The summed E-state index contributed by atoms with van der Waals surface area (Å²) in [6.45, 7) is 3.67. The van der Waals surface area contributed by atoms with Crippen molar-refractivity contribution >= 4 is 21.2 Å². The maximum atomic E-state index is 11.3. The predicted molar refractivity (Wildman–Crippen MR) is 84.3 cm³/mol. The van der Waals surface area contributed by atoms with Crippen LogP contribution in [0.15, 0.2) is 16.7 Å². The van der Waals surface area contributed by atoms with E-state index in [0.717, 1.165) is 19.4 Å². The van der Waals surface area contributed by atoms with Crippen LogP contribution in [-0.2, 0) is 22.1 Å². The van der Waals surface area contributed by atoms with Crippen LogP contribution >= 0.6 is 11.3 Å². The molecule has 2 aromatic rings. The third-order valence-corrected chi connectivity index (χ3v) is 5.58. The van der Waals surface area contributed by atoms with E-state index in [2.05, 4.69) is 34.1 Å². The maximum Gasteiger partial charge on any atom is 0.240 e. The molecule has 1 aliphatic heterocycles. The minimum atomic E-state index is -3.14. The molecular weight excluding hydrogens is 322 g/mol. The Morgan fingerprint density at radius 1 is 1.45 bits per heavy atom. The highest BCUT2D eigenvalue weighted by molar-refractivity contribution is 7.89. The lowest BCUT2D eigenvalue weighted by Gasteiger charge is -2.21. The molecule has 1 saturated heterocycles. The second kappa shape index (κ2) is 6.10. The van der Waals surface area contributed by atoms with Gasteiger partial charge in [-0.2, -0.15) is 4.98 Å². The van der Waals surface area contributed by atoms with Gasteiger partial charge in [0.25, 0.3) is 0 Å². The summed E-state index contributed by atoms with van der Waals surface area (Å²) in [6.07, 6.45) is 3.44. The van der Waals surface area contributed by atoms with E-state index in [-0.39, 0.29) is 11.6 Å². The van der Waals surface area contributed by atoms with Crippen molar-refractivity contribution in [2.75, 3.05) is 12.8 Å². The monoisotopic (exact) mass is 341 g/mol. The van der Waals surface area contributed by atoms with Crippen molar-refractivity contribution in [2.24, 2.45) is 0 Å². The molecule has 0 aliphatic carbocycles. The Morgan fingerprint density at radius 2 is 2.27 bits per heavy atom. The SMILES string of the molecule is Cc1ccc([C@@H]2CCCN2Cc2nc(CS(C)(=O)=O)no2)s1. The quantitative estimate of drug-likeness (QED) is 0.831. The Hall–Kier alpha value is -1.25. The van der Waals surface area contributed by atoms with E-state index in [1.54, 1.807) is 0 Å². The smallest absolute Gasteiger partial charge is 0.240 e. The number of nitrogens with zero attached hydrogens (tertiary/aromatic N) is 3. The normalized spacial score (nSPS) is 19.8. The first-order valence-corrected chi connectivity index (χ1v) is 10.1. The van der Waals surface area contributed by atoms with E-state index in [9.17, 15) is 8.42 Å². The van der Waals surface area contributed by atoms with E-state index in [1.165, 1.54) is 16.0 Å². The molecule has 8 heteroatoms. The van der Waals surface area contributed by atoms with Crippen LogP contribution in [0.4, 0.5) is 0 Å². The molecule has 6 nitrogen and oxygen atoms in total. The molecule has 1 aliphatic rings. The lowest BCUT2D eigenvalue weighted by atomic mass is 10.2. The van der Waals surface area contributed by atoms with Gasteiger partial charge >= 0.3 is 0 Å². The van der Waals surface area contributed by atoms with Gasteiger partial charge in [-0.1, -0.05) is 5.16 Å². The topological polar surface area (TPSA) is 76.3 Å². The van der Waals surface area contributed by atoms with Crippen LogP contribution in [0.5, 0.6) is 0 Å². The summed E-state index contributed by atoms with van der Waals surface area (Å²) in [5.74, 6) is 0.545. The molecule has 22 heavy (non-hydrogen) atoms. The highest BCUT2D eigenvalue weighted by Crippen LogP contribution is 2.36. The number of thiophene rings is 1. The van der Waals surface area contributed by atoms with Gasteiger partial charge in [0.1, 0.15) is 5.75 Å². The summed E-state index contributed by atoms with van der Waals surface area (Å²) in [7, 11) is -3.14. The highest BCUT2D eigenvalue weighted by Gasteiger charge is 2.28. The maximum absolute atomic E-state index is 11.3. The molecule has 0 spiro atoms. The fourth-order valence-electron chi connectivity index (χ4n) is 2.79. The molecule has 0 unspecified atom stereocenters. The zero-order valence-corrected chi connectivity index (χ0v) is 14.3. The summed E-state index contributed by atoms with van der Waals surface area (Å²) in [5, 5.41) is 3.76. The zero-order valence-electron chi connectivity index (χ0n) is 12.7. The van der Waals surface area contributed by atoms with Gasteiger partial charge in [0.05, 0.1) is 6.54 Å². The molecular formula is C14H19N3O3S2. The molecule has 0 saturated carbocycles. The van der Waals surface area contributed by atoms with Crippen LogP contribution in [-0.4, -0.2) is 36.3 Å². The Morgan fingerprint density at radius 3 is 2.95 bits per heavy atom. The molecule has 3 heterocycles. The summed E-state index contributed by atoms with van der Waals surface area (Å²) in [5.41, 5.74) is 0. The fraction of sp³-hybridized carbons (Fsp3) is 0.571. The number of hydrogen-bond acceptors (Lipinski definition) is 7. The Bertz CT molecular complexity index is 751. The van der Waals surface area contributed by atoms with Crippen molar-refractivity contribution in [3.05, 3.63) is 33.6 Å². The van der Waals surface area contributed by atoms with Crippen molar-refractivity contribution in [3.8, 4) is 0 Å². The third-order valence-electron chi connectivity index (χ3n) is 3.69. The van der Waals surface area contributed by atoms with Crippen molar-refractivity contribution in [1.29, 1.82) is 0 Å². The summed E-state index contributed by atoms with van der Waals surface area (Å²) in [4.78, 5) is 9.20. The molecule has 3 rings (SSSR count). The first-order chi connectivity index (χ1) is 10.4. The van der Waals surface area contributed by atoms with Crippen molar-refractivity contribution in [1.82, 2.24) is 15.0 Å². The van der Waals surface area contributed by atoms with Gasteiger partial charge in [-0.25, -0.2) is 8.42 Å². The average Bonchev–Trinajstić information content (AvgIpc) is 3.10. The van der Waals surface area contributed by atoms with Crippen LogP contribution < -0.4 is 0 Å². The van der Waals surface area contributed by atoms with Gasteiger partial charge in [-0.05, 0) is 38.4 Å². The van der Waals surface area contributed by atoms with Crippen LogP contribution in [0.25, 0.3) is 0 Å². The predicted octanol–water partition coefficient (Wildman–Crippen LogP) is 2.32. The van der Waals surface area contributed by atoms with Crippen LogP contribution in [0.3, 0.4) is 0 Å². The number of aryl methyl sites for hydroxylation is 1. The van der Waals surface area contributed by atoms with E-state index in [4.69, 9.17) is 4.52 Å². The van der Waals surface area contributed by atoms with Crippen LogP contribution in [0.1, 0.15) is 40.4 Å². The first kappa shape index (κ1) is 15.6. The first-order valence-electron chi connectivity index (χ1n) is 7.20. The molecule has 0 bridgehead atoms. The van der Waals surface area contributed by atoms with Gasteiger partial charge in [0, 0.05) is 22.1 Å². The summed E-state index contributed by atoms with van der Waals surface area (Å²) in [6, 6.07) is 4.73. The molecule has 1 atom stereocenters. The van der Waals surface area contributed by atoms with E-state index in [1.807, 2.05) is 11.3 Å². The summed E-state index contributed by atoms with van der Waals surface area (Å²) >= 11 is 1.82.